The second kappa shape index (κ2) is 15.5. The summed E-state index contributed by atoms with van der Waals surface area (Å²) >= 11 is 0. The number of benzene rings is 1. The zero-order chi connectivity index (χ0) is 28.2. The van der Waals surface area contributed by atoms with Gasteiger partial charge in [-0.25, -0.2) is 0 Å². The van der Waals surface area contributed by atoms with Gasteiger partial charge < -0.3 is 0 Å². The molecule has 1 aliphatic heterocycles. The Morgan fingerprint density at radius 3 is 1.95 bits per heavy atom. The molecule has 1 fully saturated rings. The molecule has 38 heavy (non-hydrogen) atoms. The van der Waals surface area contributed by atoms with E-state index in [0.29, 0.717) is 24.0 Å². The Morgan fingerprint density at radius 2 is 1.47 bits per heavy atom. The average molecular weight is 511 g/mol. The van der Waals surface area contributed by atoms with Gasteiger partial charge in [-0.2, -0.15) is 0 Å². The molecule has 1 saturated heterocycles. The molecule has 3 atom stereocenters. The van der Waals surface area contributed by atoms with Crippen molar-refractivity contribution in [1.29, 1.82) is 0 Å². The van der Waals surface area contributed by atoms with Crippen molar-refractivity contribution in [3.8, 4) is 0 Å². The summed E-state index contributed by atoms with van der Waals surface area (Å²) in [5.74, 6) is 1.22. The molecular formula is C36H50N2. The van der Waals surface area contributed by atoms with Crippen LogP contribution in [0.2, 0.25) is 0 Å². The number of hydrogen-bond donors (Lipinski definition) is 1. The molecule has 0 amide bonds. The van der Waals surface area contributed by atoms with Gasteiger partial charge >= 0.3 is 0 Å². The molecule has 0 radical (unpaired) electrons. The second-order valence-electron chi connectivity index (χ2n) is 10.7. The maximum absolute atomic E-state index is 4.52. The minimum Gasteiger partial charge on any atom is -0.294 e. The standard InChI is InChI=1S/C36H50N2/c1-11-15-20-27(7)31(18-12-2)33-21-16-17-22-34(33)32(19-13-3)28(8)23-24-29(9)35-25-38(14-4)36(37-35)30(10)26(5)6/h11-13,16-19,21-22,26,30,35-37H,1-3,7-9,14-15,20,23-25H2,4-6,10H3/b31-18+,32-19+. The third-order valence-corrected chi connectivity index (χ3v) is 7.87. The van der Waals surface area contributed by atoms with Crippen LogP contribution in [0.5, 0.6) is 0 Å². The molecule has 0 aliphatic carbocycles. The highest BCUT2D eigenvalue weighted by molar-refractivity contribution is 5.91. The monoisotopic (exact) mass is 510 g/mol. The van der Waals surface area contributed by atoms with E-state index in [2.05, 4.69) is 114 Å². The first-order chi connectivity index (χ1) is 18.2. The van der Waals surface area contributed by atoms with E-state index < -0.39 is 0 Å². The van der Waals surface area contributed by atoms with Gasteiger partial charge in [0.25, 0.3) is 0 Å². The van der Waals surface area contributed by atoms with Crippen LogP contribution in [-0.2, 0) is 0 Å². The summed E-state index contributed by atoms with van der Waals surface area (Å²) in [6.07, 6.45) is 13.7. The summed E-state index contributed by atoms with van der Waals surface area (Å²) in [5.41, 5.74) is 7.89. The number of likely N-dealkylation sites (N-methyl/N-ethyl adjacent to an activating group) is 1. The molecule has 1 aromatic carbocycles. The largest absolute Gasteiger partial charge is 0.294 e. The van der Waals surface area contributed by atoms with E-state index in [-0.39, 0.29) is 0 Å². The Labute approximate surface area is 233 Å². The number of nitrogens with one attached hydrogen (secondary N) is 1. The second-order valence-corrected chi connectivity index (χ2v) is 10.7. The Kier molecular flexibility index (Phi) is 12.7. The molecule has 2 nitrogen and oxygen atoms in total. The molecule has 1 aromatic rings. The smallest absolute Gasteiger partial charge is 0.0631 e. The normalized spacial score (nSPS) is 19.3. The van der Waals surface area contributed by atoms with E-state index in [4.69, 9.17) is 0 Å². The predicted molar refractivity (Wildman–Crippen MR) is 171 cm³/mol. The number of hydrogen-bond acceptors (Lipinski definition) is 2. The first-order valence-electron chi connectivity index (χ1n) is 14.1. The molecule has 204 valence electrons. The first-order valence-corrected chi connectivity index (χ1v) is 14.1. The summed E-state index contributed by atoms with van der Waals surface area (Å²) < 4.78 is 0. The van der Waals surface area contributed by atoms with E-state index in [1.165, 1.54) is 5.57 Å². The molecule has 2 rings (SSSR count). The van der Waals surface area contributed by atoms with Gasteiger partial charge in [-0.15, -0.1) is 6.58 Å². The van der Waals surface area contributed by atoms with Crippen molar-refractivity contribution in [3.63, 3.8) is 0 Å². The number of nitrogens with zero attached hydrogens (tertiary/aromatic N) is 1. The van der Waals surface area contributed by atoms with Crippen molar-refractivity contribution in [2.75, 3.05) is 13.1 Å². The first kappa shape index (κ1) is 31.3. The van der Waals surface area contributed by atoms with Gasteiger partial charge in [-0.1, -0.05) is 121 Å². The summed E-state index contributed by atoms with van der Waals surface area (Å²) in [4.78, 5) is 2.56. The number of rotatable bonds is 16. The minimum absolute atomic E-state index is 0.309. The van der Waals surface area contributed by atoms with Gasteiger partial charge in [0, 0.05) is 12.6 Å². The summed E-state index contributed by atoms with van der Waals surface area (Å²) in [6, 6.07) is 8.79. The van der Waals surface area contributed by atoms with Gasteiger partial charge in [-0.3, -0.25) is 10.2 Å². The zero-order valence-electron chi connectivity index (χ0n) is 24.4. The topological polar surface area (TPSA) is 15.3 Å². The zero-order valence-corrected chi connectivity index (χ0v) is 24.4. The van der Waals surface area contributed by atoms with Crippen molar-refractivity contribution in [1.82, 2.24) is 10.2 Å². The van der Waals surface area contributed by atoms with Crippen molar-refractivity contribution in [2.45, 2.75) is 65.6 Å². The summed E-state index contributed by atoms with van der Waals surface area (Å²) in [5, 5.41) is 3.88. The molecule has 0 spiro atoms. The molecular weight excluding hydrogens is 460 g/mol. The highest BCUT2D eigenvalue weighted by atomic mass is 15.3. The molecule has 0 aromatic heterocycles. The average Bonchev–Trinajstić information content (AvgIpc) is 3.36. The quantitative estimate of drug-likeness (QED) is 0.176. The molecule has 1 N–H and O–H groups in total. The van der Waals surface area contributed by atoms with Crippen LogP contribution in [0.25, 0.3) is 11.1 Å². The van der Waals surface area contributed by atoms with E-state index in [1.807, 2.05) is 18.2 Å². The lowest BCUT2D eigenvalue weighted by atomic mass is 9.85. The van der Waals surface area contributed by atoms with E-state index in [0.717, 1.165) is 72.2 Å². The van der Waals surface area contributed by atoms with Crippen LogP contribution in [-0.4, -0.2) is 30.2 Å². The van der Waals surface area contributed by atoms with Crippen LogP contribution in [0.4, 0.5) is 0 Å². The SMILES string of the molecule is C=C/C=C(\C(=C)CCC=C)c1ccccc1/C(=C/C=C)C(=C)CCC(=C)C1CN(CC)C(C(C)C(C)C)N1. The van der Waals surface area contributed by atoms with Gasteiger partial charge in [0.2, 0.25) is 0 Å². The van der Waals surface area contributed by atoms with Gasteiger partial charge in [0.1, 0.15) is 0 Å². The van der Waals surface area contributed by atoms with Crippen molar-refractivity contribution in [2.24, 2.45) is 11.8 Å². The molecule has 2 heteroatoms. The van der Waals surface area contributed by atoms with Crippen molar-refractivity contribution in [3.05, 3.63) is 122 Å². The summed E-state index contributed by atoms with van der Waals surface area (Å²) in [7, 11) is 0. The highest BCUT2D eigenvalue weighted by Crippen LogP contribution is 2.36. The van der Waals surface area contributed by atoms with Crippen molar-refractivity contribution >= 4 is 11.1 Å². The van der Waals surface area contributed by atoms with Crippen LogP contribution in [0.1, 0.15) is 64.5 Å². The van der Waals surface area contributed by atoms with E-state index in [9.17, 15) is 0 Å². The third-order valence-electron chi connectivity index (χ3n) is 7.87. The minimum atomic E-state index is 0.309. The fraction of sp³-hybridized carbons (Fsp3) is 0.389. The van der Waals surface area contributed by atoms with Gasteiger partial charge in [0.05, 0.1) is 6.17 Å². The van der Waals surface area contributed by atoms with Crippen LogP contribution in [0.3, 0.4) is 0 Å². The Hall–Kier alpha value is -2.94. The summed E-state index contributed by atoms with van der Waals surface area (Å²) in [6.45, 7) is 36.5. The Bertz CT molecular complexity index is 1080. The molecule has 1 heterocycles. The van der Waals surface area contributed by atoms with Gasteiger partial charge in [0.15, 0.2) is 0 Å². The van der Waals surface area contributed by atoms with Crippen LogP contribution < -0.4 is 5.32 Å². The van der Waals surface area contributed by atoms with Gasteiger partial charge in [-0.05, 0) is 77.5 Å². The Morgan fingerprint density at radius 1 is 0.921 bits per heavy atom. The van der Waals surface area contributed by atoms with Crippen LogP contribution >= 0.6 is 0 Å². The number of allylic oxidation sites excluding steroid dienone is 9. The molecule has 0 bridgehead atoms. The molecule has 0 saturated carbocycles. The van der Waals surface area contributed by atoms with Crippen molar-refractivity contribution < 1.29 is 0 Å². The van der Waals surface area contributed by atoms with E-state index >= 15 is 0 Å². The van der Waals surface area contributed by atoms with E-state index in [1.54, 1.807) is 0 Å². The maximum Gasteiger partial charge on any atom is 0.0631 e. The van der Waals surface area contributed by atoms with Crippen LogP contribution in [0, 0.1) is 11.8 Å². The lowest BCUT2D eigenvalue weighted by Crippen LogP contribution is -2.43. The maximum atomic E-state index is 4.52. The molecule has 3 unspecified atom stereocenters. The molecule has 1 aliphatic rings. The lowest BCUT2D eigenvalue weighted by Gasteiger charge is -2.30. The fourth-order valence-corrected chi connectivity index (χ4v) is 5.15. The third kappa shape index (κ3) is 8.03. The van der Waals surface area contributed by atoms with Crippen LogP contribution in [0.15, 0.2) is 111 Å². The predicted octanol–water partition coefficient (Wildman–Crippen LogP) is 9.15. The highest BCUT2D eigenvalue weighted by Gasteiger charge is 2.35. The lowest BCUT2D eigenvalue weighted by molar-refractivity contribution is 0.160. The Balaban J connectivity index is 2.24. The fourth-order valence-electron chi connectivity index (χ4n) is 5.15.